The summed E-state index contributed by atoms with van der Waals surface area (Å²) in [5.41, 5.74) is 1.74. The van der Waals surface area contributed by atoms with E-state index in [2.05, 4.69) is 0 Å². The van der Waals surface area contributed by atoms with Crippen molar-refractivity contribution in [2.45, 2.75) is 6.04 Å². The predicted molar refractivity (Wildman–Crippen MR) is 89.3 cm³/mol. The zero-order valence-electron chi connectivity index (χ0n) is 13.5. The quantitative estimate of drug-likeness (QED) is 0.814. The molecule has 5 heteroatoms. The van der Waals surface area contributed by atoms with Crippen LogP contribution in [0.15, 0.2) is 54.6 Å². The second-order valence-corrected chi connectivity index (χ2v) is 5.98. The zero-order chi connectivity index (χ0) is 17.3. The summed E-state index contributed by atoms with van der Waals surface area (Å²) in [6.45, 7) is 0.233. The van der Waals surface area contributed by atoms with E-state index < -0.39 is 11.6 Å². The van der Waals surface area contributed by atoms with Gasteiger partial charge in [-0.15, -0.1) is 0 Å². The van der Waals surface area contributed by atoms with Gasteiger partial charge in [0.25, 0.3) is 0 Å². The fraction of sp³-hybridized carbons (Fsp3) is 0.211. The van der Waals surface area contributed by atoms with Gasteiger partial charge in [0, 0.05) is 26.2 Å². The van der Waals surface area contributed by atoms with Crippen LogP contribution in [-0.2, 0) is 0 Å². The molecule has 0 aliphatic carbocycles. The molecular weight excluding hydrogens is 310 g/mol. The lowest BCUT2D eigenvalue weighted by molar-refractivity contribution is 0.170. The van der Waals surface area contributed by atoms with Gasteiger partial charge < -0.3 is 9.80 Å². The van der Waals surface area contributed by atoms with E-state index in [9.17, 15) is 13.6 Å². The van der Waals surface area contributed by atoms with Gasteiger partial charge in [0.1, 0.15) is 11.6 Å². The molecule has 0 N–H and O–H groups in total. The van der Waals surface area contributed by atoms with Crippen LogP contribution in [-0.4, -0.2) is 36.5 Å². The third-order valence-corrected chi connectivity index (χ3v) is 4.08. The van der Waals surface area contributed by atoms with Gasteiger partial charge in [0.05, 0.1) is 6.04 Å². The topological polar surface area (TPSA) is 23.6 Å². The van der Waals surface area contributed by atoms with Crippen LogP contribution in [0.25, 0.3) is 5.57 Å². The van der Waals surface area contributed by atoms with E-state index in [0.717, 1.165) is 17.7 Å². The summed E-state index contributed by atoms with van der Waals surface area (Å²) < 4.78 is 27.6. The molecule has 0 fully saturated rings. The van der Waals surface area contributed by atoms with Gasteiger partial charge in [-0.1, -0.05) is 36.4 Å². The van der Waals surface area contributed by atoms with Crippen LogP contribution in [0.1, 0.15) is 17.2 Å². The maximum atomic E-state index is 14.1. The second kappa shape index (κ2) is 6.43. The highest BCUT2D eigenvalue weighted by Crippen LogP contribution is 2.36. The molecule has 2 aromatic carbocycles. The van der Waals surface area contributed by atoms with Gasteiger partial charge in [0.2, 0.25) is 0 Å². The number of rotatable bonds is 2. The summed E-state index contributed by atoms with van der Waals surface area (Å²) >= 11 is 0. The SMILES string of the molecule is CN(C)C(=O)N1CC(c2cc(F)ccc2F)=C[C@H]1c1ccccc1. The van der Waals surface area contributed by atoms with Crippen molar-refractivity contribution < 1.29 is 13.6 Å². The van der Waals surface area contributed by atoms with Gasteiger partial charge in [-0.2, -0.15) is 0 Å². The van der Waals surface area contributed by atoms with Crippen LogP contribution < -0.4 is 0 Å². The molecule has 0 spiro atoms. The summed E-state index contributed by atoms with van der Waals surface area (Å²) in [6, 6.07) is 12.4. The Labute approximate surface area is 139 Å². The molecule has 0 unspecified atom stereocenters. The highest BCUT2D eigenvalue weighted by atomic mass is 19.1. The largest absolute Gasteiger partial charge is 0.331 e. The standard InChI is InChI=1S/C19H18F2N2O/c1-22(2)19(24)23-12-14(16-11-15(20)8-9-17(16)21)10-18(23)13-6-4-3-5-7-13/h3-11,18H,12H2,1-2H3/t18-/m0/s1. The monoisotopic (exact) mass is 328 g/mol. The van der Waals surface area contributed by atoms with E-state index in [1.54, 1.807) is 19.0 Å². The number of hydrogen-bond donors (Lipinski definition) is 0. The molecule has 0 radical (unpaired) electrons. The van der Waals surface area contributed by atoms with Crippen LogP contribution in [0.4, 0.5) is 13.6 Å². The third kappa shape index (κ3) is 3.02. The Morgan fingerprint density at radius 3 is 2.50 bits per heavy atom. The van der Waals surface area contributed by atoms with Crippen molar-refractivity contribution in [2.75, 3.05) is 20.6 Å². The second-order valence-electron chi connectivity index (χ2n) is 5.98. The molecule has 0 saturated heterocycles. The van der Waals surface area contributed by atoms with Gasteiger partial charge in [-0.05, 0) is 29.3 Å². The Balaban J connectivity index is 2.03. The molecule has 2 aromatic rings. The summed E-state index contributed by atoms with van der Waals surface area (Å²) in [5.74, 6) is -0.991. The van der Waals surface area contributed by atoms with Gasteiger partial charge in [0.15, 0.2) is 0 Å². The Hall–Kier alpha value is -2.69. The van der Waals surface area contributed by atoms with Crippen LogP contribution >= 0.6 is 0 Å². The van der Waals surface area contributed by atoms with Crippen molar-refractivity contribution in [3.8, 4) is 0 Å². The first-order valence-electron chi connectivity index (χ1n) is 7.66. The Kier molecular flexibility index (Phi) is 4.34. The maximum absolute atomic E-state index is 14.1. The first-order chi connectivity index (χ1) is 11.5. The summed E-state index contributed by atoms with van der Waals surface area (Å²) in [7, 11) is 3.34. The number of urea groups is 1. The molecule has 124 valence electrons. The van der Waals surface area contributed by atoms with Crippen molar-refractivity contribution in [1.29, 1.82) is 0 Å². The normalized spacial score (nSPS) is 16.9. The van der Waals surface area contributed by atoms with Crippen molar-refractivity contribution in [2.24, 2.45) is 0 Å². The first-order valence-corrected chi connectivity index (χ1v) is 7.66. The van der Waals surface area contributed by atoms with E-state index in [0.29, 0.717) is 5.57 Å². The van der Waals surface area contributed by atoms with E-state index >= 15 is 0 Å². The van der Waals surface area contributed by atoms with Gasteiger partial charge >= 0.3 is 6.03 Å². The minimum atomic E-state index is -0.499. The molecular formula is C19H18F2N2O. The molecule has 0 bridgehead atoms. The maximum Gasteiger partial charge on any atom is 0.320 e. The van der Waals surface area contributed by atoms with E-state index in [-0.39, 0.29) is 24.2 Å². The lowest BCUT2D eigenvalue weighted by Crippen LogP contribution is -2.39. The zero-order valence-corrected chi connectivity index (χ0v) is 13.5. The molecule has 0 aromatic heterocycles. The molecule has 24 heavy (non-hydrogen) atoms. The van der Waals surface area contributed by atoms with Crippen molar-refractivity contribution in [3.63, 3.8) is 0 Å². The molecule has 0 saturated carbocycles. The highest BCUT2D eigenvalue weighted by molar-refractivity contribution is 5.81. The number of hydrogen-bond acceptors (Lipinski definition) is 1. The number of benzene rings is 2. The molecule has 3 rings (SSSR count). The Morgan fingerprint density at radius 1 is 1.12 bits per heavy atom. The minimum Gasteiger partial charge on any atom is -0.331 e. The molecule has 1 atom stereocenters. The van der Waals surface area contributed by atoms with Crippen molar-refractivity contribution in [3.05, 3.63) is 77.4 Å². The van der Waals surface area contributed by atoms with Crippen LogP contribution in [0.5, 0.6) is 0 Å². The number of carbonyl (C=O) groups excluding carboxylic acids is 1. The van der Waals surface area contributed by atoms with Crippen LogP contribution in [0.3, 0.4) is 0 Å². The molecule has 3 nitrogen and oxygen atoms in total. The van der Waals surface area contributed by atoms with Crippen LogP contribution in [0.2, 0.25) is 0 Å². The molecule has 1 aliphatic heterocycles. The lowest BCUT2D eigenvalue weighted by atomic mass is 10.0. The fourth-order valence-electron chi connectivity index (χ4n) is 2.90. The van der Waals surface area contributed by atoms with Crippen LogP contribution in [0, 0.1) is 11.6 Å². The Morgan fingerprint density at radius 2 is 1.83 bits per heavy atom. The average molecular weight is 328 g/mol. The highest BCUT2D eigenvalue weighted by Gasteiger charge is 2.32. The smallest absolute Gasteiger partial charge is 0.320 e. The lowest BCUT2D eigenvalue weighted by Gasteiger charge is -2.28. The number of halogens is 2. The van der Waals surface area contributed by atoms with Crippen molar-refractivity contribution in [1.82, 2.24) is 9.80 Å². The van der Waals surface area contributed by atoms with Gasteiger partial charge in [-0.25, -0.2) is 13.6 Å². The van der Waals surface area contributed by atoms with E-state index in [4.69, 9.17) is 0 Å². The number of amides is 2. The van der Waals surface area contributed by atoms with Gasteiger partial charge in [-0.3, -0.25) is 0 Å². The summed E-state index contributed by atoms with van der Waals surface area (Å²) in [6.07, 6.45) is 1.83. The summed E-state index contributed by atoms with van der Waals surface area (Å²) in [5, 5.41) is 0. The number of nitrogens with zero attached hydrogens (tertiary/aromatic N) is 2. The fourth-order valence-corrected chi connectivity index (χ4v) is 2.90. The number of carbonyl (C=O) groups is 1. The molecule has 1 heterocycles. The third-order valence-electron chi connectivity index (χ3n) is 4.08. The Bertz CT molecular complexity index is 787. The summed E-state index contributed by atoms with van der Waals surface area (Å²) in [4.78, 5) is 15.6. The molecule has 2 amide bonds. The van der Waals surface area contributed by atoms with E-state index in [1.807, 2.05) is 36.4 Å². The predicted octanol–water partition coefficient (Wildman–Crippen LogP) is 4.09. The van der Waals surface area contributed by atoms with E-state index in [1.165, 1.54) is 11.0 Å². The average Bonchev–Trinajstić information content (AvgIpc) is 3.02. The van der Waals surface area contributed by atoms with Crippen molar-refractivity contribution >= 4 is 11.6 Å². The minimum absolute atomic E-state index is 0.174. The first kappa shape index (κ1) is 16.2. The molecule has 1 aliphatic rings.